The average molecular weight is 351 g/mol. The third-order valence-corrected chi connectivity index (χ3v) is 3.81. The zero-order valence-electron chi connectivity index (χ0n) is 13.2. The summed E-state index contributed by atoms with van der Waals surface area (Å²) in [5.74, 6) is -0.571. The number of carbonyl (C=O) groups is 1. The number of hydrogen-bond donors (Lipinski definition) is 2. The molecule has 2 aromatic rings. The van der Waals surface area contributed by atoms with E-state index in [1.807, 2.05) is 6.92 Å². The number of anilines is 1. The fourth-order valence-corrected chi connectivity index (χ4v) is 2.10. The number of halogens is 1. The van der Waals surface area contributed by atoms with E-state index in [9.17, 15) is 19.5 Å². The van der Waals surface area contributed by atoms with Crippen LogP contribution < -0.4 is 16.6 Å². The van der Waals surface area contributed by atoms with E-state index in [1.54, 1.807) is 18.2 Å². The molecule has 126 valence electrons. The first-order chi connectivity index (χ1) is 11.2. The number of aryl methyl sites for hydroxylation is 1. The standard InChI is InChI=1S/C15H15ClN4O4/c1-8-4-5-9(6-11(8)16)18-14(23)17-7-10-12(21)19(2)15(24)20(3)13(10)22/h4-7,21H,1-3H3,(H,18,23). The maximum absolute atomic E-state index is 12.0. The molecule has 2 rings (SSSR count). The molecule has 2 amide bonds. The molecule has 2 N–H and O–H groups in total. The number of rotatable bonds is 2. The molecule has 0 spiro atoms. The van der Waals surface area contributed by atoms with Gasteiger partial charge in [0.15, 0.2) is 0 Å². The van der Waals surface area contributed by atoms with Gasteiger partial charge in [0.05, 0.1) is 6.21 Å². The third kappa shape index (κ3) is 3.38. The quantitative estimate of drug-likeness (QED) is 0.798. The second-order valence-corrected chi connectivity index (χ2v) is 5.50. The van der Waals surface area contributed by atoms with E-state index in [0.29, 0.717) is 10.7 Å². The number of amides is 2. The number of aromatic nitrogens is 2. The van der Waals surface area contributed by atoms with Crippen LogP contribution in [0.4, 0.5) is 10.5 Å². The maximum Gasteiger partial charge on any atom is 0.345 e. The highest BCUT2D eigenvalue weighted by Crippen LogP contribution is 2.20. The second-order valence-electron chi connectivity index (χ2n) is 5.10. The zero-order valence-corrected chi connectivity index (χ0v) is 14.0. The number of benzene rings is 1. The van der Waals surface area contributed by atoms with Crippen molar-refractivity contribution in [1.29, 1.82) is 0 Å². The van der Waals surface area contributed by atoms with Crippen molar-refractivity contribution in [2.45, 2.75) is 6.92 Å². The van der Waals surface area contributed by atoms with E-state index < -0.39 is 23.2 Å². The number of aliphatic imine (C=N–C) groups is 1. The first kappa shape index (κ1) is 17.5. The molecule has 0 saturated heterocycles. The van der Waals surface area contributed by atoms with E-state index >= 15 is 0 Å². The Morgan fingerprint density at radius 1 is 1.29 bits per heavy atom. The second kappa shape index (κ2) is 6.71. The van der Waals surface area contributed by atoms with Crippen LogP contribution in [0.15, 0.2) is 32.8 Å². The van der Waals surface area contributed by atoms with Crippen molar-refractivity contribution in [3.05, 3.63) is 55.2 Å². The fourth-order valence-electron chi connectivity index (χ4n) is 1.92. The molecule has 0 aliphatic heterocycles. The van der Waals surface area contributed by atoms with Crippen LogP contribution in [0, 0.1) is 6.92 Å². The number of urea groups is 1. The van der Waals surface area contributed by atoms with Gasteiger partial charge in [0.1, 0.15) is 5.56 Å². The predicted octanol–water partition coefficient (Wildman–Crippen LogP) is 1.40. The Bertz CT molecular complexity index is 959. The molecule has 24 heavy (non-hydrogen) atoms. The van der Waals surface area contributed by atoms with E-state index in [-0.39, 0.29) is 5.56 Å². The normalized spacial score (nSPS) is 11.0. The Morgan fingerprint density at radius 2 is 1.96 bits per heavy atom. The summed E-state index contributed by atoms with van der Waals surface area (Å²) in [7, 11) is 2.55. The maximum atomic E-state index is 12.0. The smallest absolute Gasteiger partial charge is 0.345 e. The van der Waals surface area contributed by atoms with Crippen molar-refractivity contribution in [2.24, 2.45) is 19.1 Å². The Kier molecular flexibility index (Phi) is 4.89. The van der Waals surface area contributed by atoms with Gasteiger partial charge in [-0.1, -0.05) is 17.7 Å². The summed E-state index contributed by atoms with van der Waals surface area (Å²) in [6.45, 7) is 1.82. The third-order valence-electron chi connectivity index (χ3n) is 3.40. The highest BCUT2D eigenvalue weighted by atomic mass is 35.5. The molecule has 0 aliphatic carbocycles. The van der Waals surface area contributed by atoms with Crippen molar-refractivity contribution < 1.29 is 9.90 Å². The van der Waals surface area contributed by atoms with Gasteiger partial charge < -0.3 is 10.4 Å². The van der Waals surface area contributed by atoms with Gasteiger partial charge in [-0.2, -0.15) is 0 Å². The van der Waals surface area contributed by atoms with Crippen LogP contribution in [0.1, 0.15) is 11.1 Å². The van der Waals surface area contributed by atoms with Gasteiger partial charge in [-0.25, -0.2) is 14.6 Å². The molecular formula is C15H15ClN4O4. The van der Waals surface area contributed by atoms with Crippen molar-refractivity contribution >= 4 is 29.5 Å². The Balaban J connectivity index is 2.28. The molecule has 1 aromatic carbocycles. The lowest BCUT2D eigenvalue weighted by molar-refractivity contribution is 0.259. The van der Waals surface area contributed by atoms with Crippen molar-refractivity contribution in [2.75, 3.05) is 5.32 Å². The van der Waals surface area contributed by atoms with E-state index in [1.165, 1.54) is 14.1 Å². The lowest BCUT2D eigenvalue weighted by Crippen LogP contribution is -2.38. The van der Waals surface area contributed by atoms with Crippen LogP contribution in [0.3, 0.4) is 0 Å². The summed E-state index contributed by atoms with van der Waals surface area (Å²) in [5.41, 5.74) is -0.419. The van der Waals surface area contributed by atoms with Crippen LogP contribution >= 0.6 is 11.6 Å². The first-order valence-electron chi connectivity index (χ1n) is 6.82. The number of aromatic hydroxyl groups is 1. The van der Waals surface area contributed by atoms with Crippen molar-refractivity contribution in [3.8, 4) is 5.88 Å². The molecule has 0 atom stereocenters. The Labute approximate surface area is 141 Å². The van der Waals surface area contributed by atoms with Gasteiger partial charge in [0, 0.05) is 24.8 Å². The van der Waals surface area contributed by atoms with Crippen LogP contribution in [-0.2, 0) is 14.1 Å². The average Bonchev–Trinajstić information content (AvgIpc) is 2.54. The first-order valence-corrected chi connectivity index (χ1v) is 7.20. The van der Waals surface area contributed by atoms with Crippen LogP contribution in [0.2, 0.25) is 5.02 Å². The molecule has 1 heterocycles. The molecule has 0 unspecified atom stereocenters. The number of nitrogens with zero attached hydrogens (tertiary/aromatic N) is 3. The molecular weight excluding hydrogens is 336 g/mol. The fraction of sp³-hybridized carbons (Fsp3) is 0.200. The molecule has 0 fully saturated rings. The monoisotopic (exact) mass is 350 g/mol. The topological polar surface area (TPSA) is 106 Å². The minimum Gasteiger partial charge on any atom is -0.494 e. The predicted molar refractivity (Wildman–Crippen MR) is 91.4 cm³/mol. The highest BCUT2D eigenvalue weighted by Gasteiger charge is 2.13. The summed E-state index contributed by atoms with van der Waals surface area (Å²) in [5, 5.41) is 12.8. The molecule has 0 bridgehead atoms. The van der Waals surface area contributed by atoms with E-state index in [2.05, 4.69) is 10.3 Å². The summed E-state index contributed by atoms with van der Waals surface area (Å²) in [6.07, 6.45) is 0.905. The van der Waals surface area contributed by atoms with Gasteiger partial charge in [-0.15, -0.1) is 0 Å². The van der Waals surface area contributed by atoms with Crippen molar-refractivity contribution in [1.82, 2.24) is 9.13 Å². The van der Waals surface area contributed by atoms with Gasteiger partial charge in [-0.3, -0.25) is 13.9 Å². The Hall–Kier alpha value is -2.87. The number of carbonyl (C=O) groups excluding carboxylic acids is 1. The van der Waals surface area contributed by atoms with E-state index in [4.69, 9.17) is 11.6 Å². The zero-order chi connectivity index (χ0) is 18.0. The highest BCUT2D eigenvalue weighted by molar-refractivity contribution is 6.31. The lowest BCUT2D eigenvalue weighted by Gasteiger charge is -2.07. The van der Waals surface area contributed by atoms with Crippen molar-refractivity contribution in [3.63, 3.8) is 0 Å². The number of hydrogen-bond acceptors (Lipinski definition) is 4. The largest absolute Gasteiger partial charge is 0.494 e. The Morgan fingerprint density at radius 3 is 2.58 bits per heavy atom. The minimum absolute atomic E-state index is 0.267. The van der Waals surface area contributed by atoms with Crippen LogP contribution in [0.25, 0.3) is 0 Å². The van der Waals surface area contributed by atoms with Crippen LogP contribution in [0.5, 0.6) is 5.88 Å². The number of nitrogens with one attached hydrogen (secondary N) is 1. The molecule has 8 nitrogen and oxygen atoms in total. The van der Waals surface area contributed by atoms with Crippen LogP contribution in [-0.4, -0.2) is 26.5 Å². The molecule has 0 saturated carbocycles. The van der Waals surface area contributed by atoms with Gasteiger partial charge in [-0.05, 0) is 24.6 Å². The summed E-state index contributed by atoms with van der Waals surface area (Å²) < 4.78 is 1.68. The van der Waals surface area contributed by atoms with Gasteiger partial charge in [0.25, 0.3) is 5.56 Å². The lowest BCUT2D eigenvalue weighted by atomic mass is 10.2. The summed E-state index contributed by atoms with van der Waals surface area (Å²) in [6, 6.07) is 4.19. The molecule has 0 radical (unpaired) electrons. The molecule has 9 heteroatoms. The van der Waals surface area contributed by atoms with Gasteiger partial charge >= 0.3 is 11.7 Å². The summed E-state index contributed by atoms with van der Waals surface area (Å²) in [4.78, 5) is 39.0. The molecule has 0 aliphatic rings. The van der Waals surface area contributed by atoms with Gasteiger partial charge in [0.2, 0.25) is 5.88 Å². The minimum atomic E-state index is -0.759. The summed E-state index contributed by atoms with van der Waals surface area (Å²) >= 11 is 5.96. The molecule has 1 aromatic heterocycles. The SMILES string of the molecule is Cc1ccc(NC(=O)N=Cc2c(O)n(C)c(=O)n(C)c2=O)cc1Cl. The van der Waals surface area contributed by atoms with E-state index in [0.717, 1.165) is 20.9 Å².